The summed E-state index contributed by atoms with van der Waals surface area (Å²) in [4.78, 5) is 113. The van der Waals surface area contributed by atoms with E-state index in [1.807, 2.05) is 0 Å². The van der Waals surface area contributed by atoms with Gasteiger partial charge >= 0.3 is 7.82 Å². The molecule has 1 aromatic carbocycles. The Hall–Kier alpha value is -4.54. The summed E-state index contributed by atoms with van der Waals surface area (Å²) < 4.78 is 15.8. The predicted octanol–water partition coefficient (Wildman–Crippen LogP) is -0.101. The molecule has 0 saturated carbocycles. The molecule has 0 radical (unpaired) electrons. The maximum Gasteiger partial charge on any atom is 0.524 e. The van der Waals surface area contributed by atoms with E-state index in [4.69, 9.17) is 15.5 Å². The second-order valence-electron chi connectivity index (χ2n) is 14.4. The fourth-order valence-corrected chi connectivity index (χ4v) is 6.73. The van der Waals surface area contributed by atoms with Gasteiger partial charge in [0, 0.05) is 25.9 Å². The molecule has 0 unspecified atom stereocenters. The van der Waals surface area contributed by atoms with Crippen molar-refractivity contribution in [1.82, 2.24) is 31.5 Å². The molecule has 2 aliphatic heterocycles. The minimum absolute atomic E-state index is 0.0742. The quantitative estimate of drug-likeness (QED) is 0.161. The highest BCUT2D eigenvalue weighted by atomic mass is 31.2. The van der Waals surface area contributed by atoms with E-state index in [9.17, 15) is 38.1 Å². The first-order chi connectivity index (χ1) is 25.4. The highest BCUT2D eigenvalue weighted by molar-refractivity contribution is 7.46. The van der Waals surface area contributed by atoms with Crippen LogP contribution in [0.5, 0.6) is 5.75 Å². The van der Waals surface area contributed by atoms with E-state index in [1.165, 1.54) is 29.2 Å². The Bertz CT molecular complexity index is 1570. The van der Waals surface area contributed by atoms with Crippen LogP contribution >= 0.6 is 7.82 Å². The molecule has 2 saturated heterocycles. The van der Waals surface area contributed by atoms with Crippen molar-refractivity contribution < 1.29 is 52.4 Å². The molecule has 2 heterocycles. The number of nitrogens with one attached hydrogen (secondary N) is 5. The first kappa shape index (κ1) is 43.9. The van der Waals surface area contributed by atoms with Crippen LogP contribution in [0.3, 0.4) is 0 Å². The summed E-state index contributed by atoms with van der Waals surface area (Å²) in [5, 5.41) is 13.4. The molecule has 5 atom stereocenters. The molecule has 18 nitrogen and oxygen atoms in total. The van der Waals surface area contributed by atoms with Gasteiger partial charge in [0.15, 0.2) is 0 Å². The molecule has 9 N–H and O–H groups in total. The number of nitrogens with zero attached hydrogens (tertiary/aromatic N) is 1. The Morgan fingerprint density at radius 2 is 1.43 bits per heavy atom. The average Bonchev–Trinajstić information content (AvgIpc) is 3.57. The topological polar surface area (TPSA) is 276 Å². The van der Waals surface area contributed by atoms with Gasteiger partial charge < -0.3 is 41.7 Å². The van der Waals surface area contributed by atoms with Crippen molar-refractivity contribution in [3.8, 4) is 5.75 Å². The van der Waals surface area contributed by atoms with Crippen molar-refractivity contribution in [3.05, 3.63) is 29.8 Å². The van der Waals surface area contributed by atoms with Gasteiger partial charge in [-0.25, -0.2) is 4.57 Å². The summed E-state index contributed by atoms with van der Waals surface area (Å²) in [6.45, 7) is 7.39. The van der Waals surface area contributed by atoms with Gasteiger partial charge in [-0.05, 0) is 55.2 Å². The van der Waals surface area contributed by atoms with Gasteiger partial charge in [-0.1, -0.05) is 52.7 Å². The number of hydrogen-bond donors (Lipinski definition) is 8. The van der Waals surface area contributed by atoms with Crippen molar-refractivity contribution in [2.75, 3.05) is 13.1 Å². The Labute approximate surface area is 314 Å². The number of nitrogens with two attached hydrogens (primary N) is 1. The first-order valence-corrected chi connectivity index (χ1v) is 19.8. The highest BCUT2D eigenvalue weighted by Crippen LogP contribution is 2.37. The Morgan fingerprint density at radius 3 is 2.04 bits per heavy atom. The third-order valence-electron chi connectivity index (χ3n) is 9.22. The fourth-order valence-electron chi connectivity index (χ4n) is 6.34. The second kappa shape index (κ2) is 20.2. The molecule has 0 aromatic heterocycles. The van der Waals surface area contributed by atoms with Crippen LogP contribution in [0.2, 0.25) is 0 Å². The second-order valence-corrected chi connectivity index (χ2v) is 15.6. The van der Waals surface area contributed by atoms with E-state index >= 15 is 0 Å². The molecule has 1 aromatic rings. The van der Waals surface area contributed by atoms with Gasteiger partial charge in [0.1, 0.15) is 36.0 Å². The van der Waals surface area contributed by atoms with E-state index in [0.29, 0.717) is 57.2 Å². The van der Waals surface area contributed by atoms with E-state index in [2.05, 4.69) is 31.1 Å². The zero-order valence-corrected chi connectivity index (χ0v) is 32.1. The van der Waals surface area contributed by atoms with Crippen LogP contribution < -0.4 is 36.8 Å². The summed E-state index contributed by atoms with van der Waals surface area (Å²) in [7, 11) is -4.81. The van der Waals surface area contributed by atoms with E-state index in [1.54, 1.807) is 27.7 Å². The zero-order chi connectivity index (χ0) is 40.2. The summed E-state index contributed by atoms with van der Waals surface area (Å²) in [6, 6.07) is -0.280. The van der Waals surface area contributed by atoms with Crippen LogP contribution in [0.15, 0.2) is 24.3 Å². The van der Waals surface area contributed by atoms with E-state index in [-0.39, 0.29) is 24.5 Å². The number of phosphoric acid groups is 1. The van der Waals surface area contributed by atoms with Gasteiger partial charge in [0.2, 0.25) is 41.4 Å². The minimum atomic E-state index is -4.81. The largest absolute Gasteiger partial charge is 0.524 e. The van der Waals surface area contributed by atoms with Crippen LogP contribution in [0, 0.1) is 11.8 Å². The van der Waals surface area contributed by atoms with Gasteiger partial charge in [-0.3, -0.25) is 43.3 Å². The summed E-state index contributed by atoms with van der Waals surface area (Å²) in [5.74, 6) is -5.66. The third-order valence-corrected chi connectivity index (χ3v) is 9.67. The fraction of sp³-hybridized carbons (Fsp3) is 0.629. The number of rotatable bonds is 8. The number of hydrogen-bond acceptors (Lipinski definition) is 9. The number of phosphoric ester groups is 1. The lowest BCUT2D eigenvalue weighted by molar-refractivity contribution is -0.143. The molecule has 300 valence electrons. The Balaban J connectivity index is 1.92. The Morgan fingerprint density at radius 1 is 0.815 bits per heavy atom. The van der Waals surface area contributed by atoms with Gasteiger partial charge in [-0.15, -0.1) is 0 Å². The lowest BCUT2D eigenvalue weighted by Gasteiger charge is -2.32. The van der Waals surface area contributed by atoms with Crippen LogP contribution in [0.25, 0.3) is 0 Å². The predicted molar refractivity (Wildman–Crippen MR) is 195 cm³/mol. The van der Waals surface area contributed by atoms with E-state index in [0.717, 1.165) is 0 Å². The number of amides is 7. The minimum Gasteiger partial charge on any atom is -0.404 e. The van der Waals surface area contributed by atoms with Crippen LogP contribution in [-0.4, -0.2) is 99.3 Å². The Kier molecular flexibility index (Phi) is 16.4. The molecule has 3 rings (SSSR count). The molecule has 2 fully saturated rings. The number of benzene rings is 1. The number of fused-ring (bicyclic) bond motifs is 1. The maximum absolute atomic E-state index is 13.8. The summed E-state index contributed by atoms with van der Waals surface area (Å²) in [5.41, 5.74) is 5.94. The molecule has 0 aliphatic carbocycles. The highest BCUT2D eigenvalue weighted by Gasteiger charge is 2.40. The number of carbonyl (C=O) groups is 7. The summed E-state index contributed by atoms with van der Waals surface area (Å²) >= 11 is 0. The molecular formula is C35H54N7O11P. The van der Waals surface area contributed by atoms with Crippen LogP contribution in [0.1, 0.15) is 84.6 Å². The van der Waals surface area contributed by atoms with Gasteiger partial charge in [0.05, 0.1) is 6.42 Å². The van der Waals surface area contributed by atoms with Gasteiger partial charge in [-0.2, -0.15) is 0 Å². The molecule has 19 heteroatoms. The monoisotopic (exact) mass is 779 g/mol. The molecular weight excluding hydrogens is 725 g/mol. The first-order valence-electron chi connectivity index (χ1n) is 18.3. The van der Waals surface area contributed by atoms with Crippen molar-refractivity contribution in [1.29, 1.82) is 0 Å². The average molecular weight is 780 g/mol. The third kappa shape index (κ3) is 13.7. The smallest absolute Gasteiger partial charge is 0.404 e. The van der Waals surface area contributed by atoms with E-state index < -0.39 is 91.7 Å². The molecule has 54 heavy (non-hydrogen) atoms. The number of primary amides is 1. The van der Waals surface area contributed by atoms with Gasteiger partial charge in [0.25, 0.3) is 0 Å². The van der Waals surface area contributed by atoms with Crippen molar-refractivity contribution in [2.45, 2.75) is 116 Å². The van der Waals surface area contributed by atoms with Crippen LogP contribution in [-0.2, 0) is 44.5 Å². The normalized spacial score (nSPS) is 24.9. The van der Waals surface area contributed by atoms with Crippen molar-refractivity contribution >= 4 is 49.2 Å². The summed E-state index contributed by atoms with van der Waals surface area (Å²) in [6.07, 6.45) is 2.91. The van der Waals surface area contributed by atoms with Crippen molar-refractivity contribution in [2.24, 2.45) is 17.6 Å². The van der Waals surface area contributed by atoms with Crippen LogP contribution in [0.4, 0.5) is 0 Å². The SMILES string of the molecule is CC(C)[C@H]1NC(=O)[C@H](Cc2ccc(OP(=O)(O)O)cc2)NC(=O)CCCCCCNC(=O)[C@@H]2CCCN2C(=O)[C@@H](C(C)C)NC(=O)[C@H](CC(N)=O)NC1=O. The standard InChI is InChI=1S/C35H54N7O11P/c1-20(2)29-34(48)39-25(19-27(36)43)32(46)41-30(21(3)4)35(49)42-17-9-10-26(42)33(47)37-16-8-6-5-7-11-28(44)38-24(31(45)40-29)18-22-12-14-23(15-13-22)53-54(50,51)52/h12-15,20-21,24-26,29-30H,5-11,16-19H2,1-4H3,(H2,36,43)(H,37,47)(H,38,44)(H,39,48)(H,40,45)(H,41,46)(H2,50,51,52)/t24-,25-,26-,29+,30+/m0/s1. The maximum atomic E-state index is 13.8. The lowest BCUT2D eigenvalue weighted by atomic mass is 9.99. The zero-order valence-electron chi connectivity index (χ0n) is 31.2. The molecule has 0 spiro atoms. The van der Waals surface area contributed by atoms with Crippen molar-refractivity contribution in [3.63, 3.8) is 0 Å². The molecule has 7 amide bonds. The molecule has 0 bridgehead atoms. The number of carbonyl (C=O) groups excluding carboxylic acids is 7. The lowest BCUT2D eigenvalue weighted by Crippen LogP contribution is -2.61. The molecule has 2 aliphatic rings.